The zero-order valence-corrected chi connectivity index (χ0v) is 21.5. The molecule has 0 spiro atoms. The van der Waals surface area contributed by atoms with Crippen molar-refractivity contribution in [2.75, 3.05) is 5.32 Å². The van der Waals surface area contributed by atoms with Gasteiger partial charge in [-0.25, -0.2) is 0 Å². The number of pyridine rings is 1. The van der Waals surface area contributed by atoms with Gasteiger partial charge in [0.15, 0.2) is 0 Å². The topological polar surface area (TPSA) is 24.9 Å². The molecule has 0 aliphatic rings. The molecule has 40 heavy (non-hydrogen) atoms. The Hall–Kier alpha value is -4.04. The standard InChI is InChI=1S/C31H21ClF6N2/c32-23-12-13-26(30(33,34)35)21(15-23)17-39-24-9-4-8-20(16-24)28-22(14-19-6-2-1-3-7-19)18-40-29-25(28)10-5-11-27(29)31(36,37)38/h1-13,15-16,18,39H,14,17H2. The van der Waals surface area contributed by atoms with E-state index < -0.39 is 23.5 Å². The Kier molecular flexibility index (Phi) is 7.47. The van der Waals surface area contributed by atoms with Gasteiger partial charge in [-0.05, 0) is 70.6 Å². The highest BCUT2D eigenvalue weighted by atomic mass is 35.5. The molecule has 0 bridgehead atoms. The Bertz CT molecular complexity index is 1660. The maximum atomic E-state index is 13.8. The molecule has 5 aromatic rings. The fourth-order valence-corrected chi connectivity index (χ4v) is 4.95. The van der Waals surface area contributed by atoms with Crippen molar-refractivity contribution in [3.05, 3.63) is 130 Å². The second kappa shape index (κ2) is 10.8. The van der Waals surface area contributed by atoms with Crippen molar-refractivity contribution in [1.29, 1.82) is 0 Å². The molecule has 2 nitrogen and oxygen atoms in total. The molecule has 9 heteroatoms. The fraction of sp³-hybridized carbons (Fsp3) is 0.129. The van der Waals surface area contributed by atoms with E-state index in [1.165, 1.54) is 24.4 Å². The number of aromatic nitrogens is 1. The molecule has 0 amide bonds. The van der Waals surface area contributed by atoms with Crippen LogP contribution in [-0.4, -0.2) is 4.98 Å². The zero-order valence-electron chi connectivity index (χ0n) is 20.7. The lowest BCUT2D eigenvalue weighted by molar-refractivity contribution is -0.138. The monoisotopic (exact) mass is 570 g/mol. The number of fused-ring (bicyclic) bond motifs is 1. The highest BCUT2D eigenvalue weighted by molar-refractivity contribution is 6.30. The zero-order chi connectivity index (χ0) is 28.5. The third-order valence-electron chi connectivity index (χ3n) is 6.53. The lowest BCUT2D eigenvalue weighted by atomic mass is 9.91. The highest BCUT2D eigenvalue weighted by Gasteiger charge is 2.34. The largest absolute Gasteiger partial charge is 0.418 e. The molecule has 1 heterocycles. The molecule has 0 atom stereocenters. The van der Waals surface area contributed by atoms with Gasteiger partial charge in [0.05, 0.1) is 16.6 Å². The molecule has 0 fully saturated rings. The van der Waals surface area contributed by atoms with E-state index in [-0.39, 0.29) is 22.6 Å². The summed E-state index contributed by atoms with van der Waals surface area (Å²) in [7, 11) is 0. The molecule has 0 aliphatic heterocycles. The van der Waals surface area contributed by atoms with E-state index in [9.17, 15) is 26.3 Å². The molecule has 5 rings (SSSR count). The van der Waals surface area contributed by atoms with E-state index in [1.807, 2.05) is 30.3 Å². The number of benzene rings is 4. The van der Waals surface area contributed by atoms with Crippen LogP contribution in [0.3, 0.4) is 0 Å². The average molecular weight is 571 g/mol. The van der Waals surface area contributed by atoms with Crippen molar-refractivity contribution in [1.82, 2.24) is 4.98 Å². The number of alkyl halides is 6. The van der Waals surface area contributed by atoms with Gasteiger partial charge in [-0.1, -0.05) is 66.2 Å². The van der Waals surface area contributed by atoms with Gasteiger partial charge in [-0.2, -0.15) is 26.3 Å². The number of para-hydroxylation sites is 1. The van der Waals surface area contributed by atoms with Gasteiger partial charge in [0.1, 0.15) is 0 Å². The van der Waals surface area contributed by atoms with Crippen LogP contribution in [0.1, 0.15) is 27.8 Å². The van der Waals surface area contributed by atoms with E-state index in [0.29, 0.717) is 34.2 Å². The van der Waals surface area contributed by atoms with Crippen LogP contribution < -0.4 is 5.32 Å². The molecule has 0 aliphatic carbocycles. The van der Waals surface area contributed by atoms with Crippen molar-refractivity contribution >= 4 is 28.2 Å². The number of nitrogens with one attached hydrogen (secondary N) is 1. The summed E-state index contributed by atoms with van der Waals surface area (Å²) in [4.78, 5) is 4.21. The predicted molar refractivity (Wildman–Crippen MR) is 145 cm³/mol. The Morgan fingerprint density at radius 2 is 1.43 bits per heavy atom. The smallest absolute Gasteiger partial charge is 0.381 e. The van der Waals surface area contributed by atoms with Gasteiger partial charge in [0.25, 0.3) is 0 Å². The molecular weight excluding hydrogens is 550 g/mol. The van der Waals surface area contributed by atoms with Crippen LogP contribution >= 0.6 is 11.6 Å². The second-order valence-corrected chi connectivity index (χ2v) is 9.69. The maximum absolute atomic E-state index is 13.8. The average Bonchev–Trinajstić information content (AvgIpc) is 2.91. The van der Waals surface area contributed by atoms with Gasteiger partial charge in [-0.3, -0.25) is 4.98 Å². The summed E-state index contributed by atoms with van der Waals surface area (Å²) in [5.74, 6) is 0. The Balaban J connectivity index is 1.59. The minimum Gasteiger partial charge on any atom is -0.381 e. The first-order valence-electron chi connectivity index (χ1n) is 12.2. The molecule has 4 aromatic carbocycles. The summed E-state index contributed by atoms with van der Waals surface area (Å²) >= 11 is 5.96. The first kappa shape index (κ1) is 27.5. The normalized spacial score (nSPS) is 12.1. The number of rotatable bonds is 6. The van der Waals surface area contributed by atoms with E-state index in [0.717, 1.165) is 17.7 Å². The number of halogens is 7. The van der Waals surface area contributed by atoms with Gasteiger partial charge in [0.2, 0.25) is 0 Å². The predicted octanol–water partition coefficient (Wildman–Crippen LogP) is 9.80. The van der Waals surface area contributed by atoms with Crippen LogP contribution in [0.2, 0.25) is 5.02 Å². The van der Waals surface area contributed by atoms with E-state index in [4.69, 9.17) is 11.6 Å². The summed E-state index contributed by atoms with van der Waals surface area (Å²) < 4.78 is 82.1. The Morgan fingerprint density at radius 1 is 0.700 bits per heavy atom. The van der Waals surface area contributed by atoms with Gasteiger partial charge >= 0.3 is 12.4 Å². The van der Waals surface area contributed by atoms with Gasteiger partial charge < -0.3 is 5.32 Å². The van der Waals surface area contributed by atoms with Crippen molar-refractivity contribution in [3.63, 3.8) is 0 Å². The Morgan fingerprint density at radius 3 is 2.15 bits per heavy atom. The highest BCUT2D eigenvalue weighted by Crippen LogP contribution is 2.40. The van der Waals surface area contributed by atoms with Gasteiger partial charge in [0, 0.05) is 28.8 Å². The van der Waals surface area contributed by atoms with E-state index in [2.05, 4.69) is 10.3 Å². The molecule has 204 valence electrons. The SMILES string of the molecule is FC(F)(F)c1ccc(Cl)cc1CNc1cccc(-c2c(Cc3ccccc3)cnc3c(C(F)(F)F)cccc23)c1. The lowest BCUT2D eigenvalue weighted by Gasteiger charge is -2.18. The van der Waals surface area contributed by atoms with Crippen LogP contribution in [0.4, 0.5) is 32.0 Å². The lowest BCUT2D eigenvalue weighted by Crippen LogP contribution is -2.12. The third-order valence-corrected chi connectivity index (χ3v) is 6.76. The molecule has 1 aromatic heterocycles. The summed E-state index contributed by atoms with van der Waals surface area (Å²) in [5, 5.41) is 3.51. The number of anilines is 1. The third kappa shape index (κ3) is 5.92. The first-order chi connectivity index (χ1) is 19.0. The molecule has 1 N–H and O–H groups in total. The number of nitrogens with zero attached hydrogens (tertiary/aromatic N) is 1. The fourth-order valence-electron chi connectivity index (χ4n) is 4.75. The minimum atomic E-state index is -4.60. The summed E-state index contributed by atoms with van der Waals surface area (Å²) in [6.07, 6.45) is -7.27. The first-order valence-corrected chi connectivity index (χ1v) is 12.6. The summed E-state index contributed by atoms with van der Waals surface area (Å²) in [6.45, 7) is -0.162. The van der Waals surface area contributed by atoms with Crippen molar-refractivity contribution in [2.45, 2.75) is 25.3 Å². The van der Waals surface area contributed by atoms with Crippen LogP contribution in [0.5, 0.6) is 0 Å². The van der Waals surface area contributed by atoms with Crippen LogP contribution in [0.25, 0.3) is 22.0 Å². The maximum Gasteiger partial charge on any atom is 0.418 e. The second-order valence-electron chi connectivity index (χ2n) is 9.25. The number of hydrogen-bond donors (Lipinski definition) is 1. The molecule has 0 unspecified atom stereocenters. The van der Waals surface area contributed by atoms with Crippen LogP contribution in [0.15, 0.2) is 97.2 Å². The van der Waals surface area contributed by atoms with Crippen LogP contribution in [-0.2, 0) is 25.3 Å². The van der Waals surface area contributed by atoms with Crippen LogP contribution in [0, 0.1) is 0 Å². The van der Waals surface area contributed by atoms with Crippen molar-refractivity contribution < 1.29 is 26.3 Å². The minimum absolute atomic E-state index is 0.0284. The quantitative estimate of drug-likeness (QED) is 0.206. The molecule has 0 radical (unpaired) electrons. The van der Waals surface area contributed by atoms with Crippen molar-refractivity contribution in [3.8, 4) is 11.1 Å². The van der Waals surface area contributed by atoms with Gasteiger partial charge in [-0.15, -0.1) is 0 Å². The molecular formula is C31H21ClF6N2. The molecule has 0 saturated carbocycles. The van der Waals surface area contributed by atoms with E-state index in [1.54, 1.807) is 30.3 Å². The Labute approximate surface area is 231 Å². The molecule has 0 saturated heterocycles. The summed E-state index contributed by atoms with van der Waals surface area (Å²) in [5.41, 5.74) is 1.49. The summed E-state index contributed by atoms with van der Waals surface area (Å²) in [6, 6.07) is 23.6. The van der Waals surface area contributed by atoms with E-state index >= 15 is 0 Å². The number of hydrogen-bond acceptors (Lipinski definition) is 2. The van der Waals surface area contributed by atoms with Crippen molar-refractivity contribution in [2.24, 2.45) is 0 Å².